The van der Waals surface area contributed by atoms with Gasteiger partial charge in [0, 0.05) is 17.9 Å². The fraction of sp³-hybridized carbons (Fsp3) is 0.421. The Morgan fingerprint density at radius 2 is 2.08 bits per heavy atom. The third-order valence-electron chi connectivity index (χ3n) is 3.90. The Labute approximate surface area is 143 Å². The van der Waals surface area contributed by atoms with Crippen LogP contribution in [0.25, 0.3) is 0 Å². The molecule has 1 amide bonds. The van der Waals surface area contributed by atoms with E-state index in [0.29, 0.717) is 12.1 Å². The molecule has 0 aliphatic rings. The zero-order chi connectivity index (χ0) is 17.7. The third-order valence-corrected chi connectivity index (χ3v) is 3.90. The number of carbonyl (C=O) groups is 1. The van der Waals surface area contributed by atoms with Crippen LogP contribution >= 0.6 is 0 Å². The standard InChI is InChI=1S/C19H24N4O/c1-6-11-22(13-17-10-8-9-14(3)20-17)19(24)18-15(4)21-23(12-7-2)16(18)5/h1,8-10H,7,11-13H2,2-5H3. The number of carbonyl (C=O) groups excluding carboxylic acids is 1. The van der Waals surface area contributed by atoms with Crippen LogP contribution < -0.4 is 0 Å². The van der Waals surface area contributed by atoms with Crippen molar-refractivity contribution in [2.45, 2.75) is 47.2 Å². The molecule has 0 aromatic carbocycles. The van der Waals surface area contributed by atoms with E-state index >= 15 is 0 Å². The van der Waals surface area contributed by atoms with Crippen molar-refractivity contribution < 1.29 is 4.79 Å². The maximum Gasteiger partial charge on any atom is 0.258 e. The summed E-state index contributed by atoms with van der Waals surface area (Å²) in [4.78, 5) is 19.1. The Hall–Kier alpha value is -2.61. The molecule has 2 aromatic rings. The van der Waals surface area contributed by atoms with E-state index < -0.39 is 0 Å². The lowest BCUT2D eigenvalue weighted by atomic mass is 10.1. The lowest BCUT2D eigenvalue weighted by Crippen LogP contribution is -2.32. The van der Waals surface area contributed by atoms with Gasteiger partial charge in [-0.05, 0) is 39.3 Å². The van der Waals surface area contributed by atoms with Crippen LogP contribution in [0.1, 0.15) is 46.5 Å². The zero-order valence-electron chi connectivity index (χ0n) is 14.8. The molecule has 5 nitrogen and oxygen atoms in total. The first-order valence-electron chi connectivity index (χ1n) is 8.17. The summed E-state index contributed by atoms with van der Waals surface area (Å²) in [6, 6.07) is 5.77. The third kappa shape index (κ3) is 3.83. The first-order chi connectivity index (χ1) is 11.5. The molecule has 0 fully saturated rings. The number of amides is 1. The molecule has 2 heterocycles. The van der Waals surface area contributed by atoms with Crippen molar-refractivity contribution >= 4 is 5.91 Å². The summed E-state index contributed by atoms with van der Waals surface area (Å²) in [5.74, 6) is 2.49. The van der Waals surface area contributed by atoms with Crippen molar-refractivity contribution in [3.63, 3.8) is 0 Å². The van der Waals surface area contributed by atoms with E-state index in [9.17, 15) is 4.79 Å². The summed E-state index contributed by atoms with van der Waals surface area (Å²) in [5, 5.41) is 4.49. The number of aromatic nitrogens is 3. The predicted octanol–water partition coefficient (Wildman–Crippen LogP) is 2.89. The molecule has 0 atom stereocenters. The van der Waals surface area contributed by atoms with Crippen LogP contribution in [0.15, 0.2) is 18.2 Å². The van der Waals surface area contributed by atoms with Crippen molar-refractivity contribution in [3.8, 4) is 12.3 Å². The SMILES string of the molecule is C#CCN(Cc1cccc(C)n1)C(=O)c1c(C)nn(CCC)c1C. The summed E-state index contributed by atoms with van der Waals surface area (Å²) in [7, 11) is 0. The summed E-state index contributed by atoms with van der Waals surface area (Å²) in [5.41, 5.74) is 4.02. The van der Waals surface area contributed by atoms with Crippen LogP contribution in [-0.4, -0.2) is 32.1 Å². The molecular weight excluding hydrogens is 300 g/mol. The van der Waals surface area contributed by atoms with Gasteiger partial charge in [0.05, 0.1) is 30.0 Å². The number of hydrogen-bond acceptors (Lipinski definition) is 3. The Morgan fingerprint density at radius 3 is 2.71 bits per heavy atom. The first-order valence-corrected chi connectivity index (χ1v) is 8.17. The minimum absolute atomic E-state index is 0.0893. The van der Waals surface area contributed by atoms with Gasteiger partial charge in [0.1, 0.15) is 0 Å². The van der Waals surface area contributed by atoms with E-state index in [4.69, 9.17) is 6.42 Å². The van der Waals surface area contributed by atoms with Crippen LogP contribution in [0.5, 0.6) is 0 Å². The molecule has 0 N–H and O–H groups in total. The molecule has 0 spiro atoms. The minimum Gasteiger partial charge on any atom is -0.321 e. The molecule has 5 heteroatoms. The Kier molecular flexibility index (Phi) is 5.75. The lowest BCUT2D eigenvalue weighted by molar-refractivity contribution is 0.0762. The molecule has 0 radical (unpaired) electrons. The normalized spacial score (nSPS) is 10.5. The Morgan fingerprint density at radius 1 is 1.33 bits per heavy atom. The number of terminal acetylenes is 1. The van der Waals surface area contributed by atoms with Crippen molar-refractivity contribution in [1.29, 1.82) is 0 Å². The molecule has 0 bridgehead atoms. The quantitative estimate of drug-likeness (QED) is 0.768. The molecule has 0 aliphatic heterocycles. The van der Waals surface area contributed by atoms with E-state index in [1.807, 2.05) is 43.7 Å². The maximum absolute atomic E-state index is 13.0. The molecule has 0 saturated heterocycles. The van der Waals surface area contributed by atoms with Crippen LogP contribution in [0.2, 0.25) is 0 Å². The molecule has 2 rings (SSSR count). The average molecular weight is 324 g/mol. The van der Waals surface area contributed by atoms with Crippen LogP contribution in [-0.2, 0) is 13.1 Å². The second-order valence-electron chi connectivity index (χ2n) is 5.90. The minimum atomic E-state index is -0.0893. The largest absolute Gasteiger partial charge is 0.321 e. The Bertz CT molecular complexity index is 770. The van der Waals surface area contributed by atoms with Crippen LogP contribution in [0.4, 0.5) is 0 Å². The maximum atomic E-state index is 13.0. The fourth-order valence-electron chi connectivity index (χ4n) is 2.79. The smallest absolute Gasteiger partial charge is 0.258 e. The zero-order valence-corrected chi connectivity index (χ0v) is 14.8. The molecular formula is C19H24N4O. The van der Waals surface area contributed by atoms with Gasteiger partial charge in [0.25, 0.3) is 5.91 Å². The summed E-state index contributed by atoms with van der Waals surface area (Å²) in [6.45, 7) is 9.25. The lowest BCUT2D eigenvalue weighted by Gasteiger charge is -2.20. The second-order valence-corrected chi connectivity index (χ2v) is 5.90. The molecule has 0 aliphatic carbocycles. The molecule has 24 heavy (non-hydrogen) atoms. The van der Waals surface area contributed by atoms with E-state index in [1.54, 1.807) is 4.90 Å². The summed E-state index contributed by atoms with van der Waals surface area (Å²) >= 11 is 0. The monoisotopic (exact) mass is 324 g/mol. The van der Waals surface area contributed by atoms with E-state index in [-0.39, 0.29) is 12.5 Å². The first kappa shape index (κ1) is 17.7. The Balaban J connectivity index is 2.31. The molecule has 0 unspecified atom stereocenters. The summed E-state index contributed by atoms with van der Waals surface area (Å²) in [6.07, 6.45) is 6.44. The predicted molar refractivity (Wildman–Crippen MR) is 94.5 cm³/mol. The molecule has 2 aromatic heterocycles. The van der Waals surface area contributed by atoms with E-state index in [2.05, 4.69) is 22.9 Å². The van der Waals surface area contributed by atoms with Gasteiger partial charge in [-0.2, -0.15) is 5.10 Å². The number of pyridine rings is 1. The van der Waals surface area contributed by atoms with Crippen molar-refractivity contribution in [2.75, 3.05) is 6.54 Å². The van der Waals surface area contributed by atoms with Gasteiger partial charge < -0.3 is 4.90 Å². The summed E-state index contributed by atoms with van der Waals surface area (Å²) < 4.78 is 1.89. The van der Waals surface area contributed by atoms with Gasteiger partial charge in [-0.3, -0.25) is 14.5 Å². The van der Waals surface area contributed by atoms with Crippen molar-refractivity contribution in [2.24, 2.45) is 0 Å². The fourth-order valence-corrected chi connectivity index (χ4v) is 2.79. The highest BCUT2D eigenvalue weighted by Crippen LogP contribution is 2.17. The highest BCUT2D eigenvalue weighted by molar-refractivity contribution is 5.96. The van der Waals surface area contributed by atoms with Gasteiger partial charge in [-0.15, -0.1) is 6.42 Å². The van der Waals surface area contributed by atoms with Crippen molar-refractivity contribution in [1.82, 2.24) is 19.7 Å². The second kappa shape index (κ2) is 7.78. The van der Waals surface area contributed by atoms with Gasteiger partial charge in [0.15, 0.2) is 0 Å². The van der Waals surface area contributed by atoms with Gasteiger partial charge in [0.2, 0.25) is 0 Å². The van der Waals surface area contributed by atoms with E-state index in [0.717, 1.165) is 35.7 Å². The average Bonchev–Trinajstić information content (AvgIpc) is 2.81. The molecule has 126 valence electrons. The van der Waals surface area contributed by atoms with Crippen LogP contribution in [0, 0.1) is 33.1 Å². The van der Waals surface area contributed by atoms with E-state index in [1.165, 1.54) is 0 Å². The molecule has 0 saturated carbocycles. The topological polar surface area (TPSA) is 51.0 Å². The van der Waals surface area contributed by atoms with Crippen molar-refractivity contribution in [3.05, 3.63) is 46.5 Å². The highest BCUT2D eigenvalue weighted by atomic mass is 16.2. The number of nitrogens with zero attached hydrogens (tertiary/aromatic N) is 4. The number of rotatable bonds is 6. The van der Waals surface area contributed by atoms with Gasteiger partial charge in [-0.1, -0.05) is 18.9 Å². The highest BCUT2D eigenvalue weighted by Gasteiger charge is 2.23. The number of aryl methyl sites for hydroxylation is 3. The number of hydrogen-bond donors (Lipinski definition) is 0. The van der Waals surface area contributed by atoms with Gasteiger partial charge >= 0.3 is 0 Å². The van der Waals surface area contributed by atoms with Gasteiger partial charge in [-0.25, -0.2) is 0 Å². The van der Waals surface area contributed by atoms with Crippen LogP contribution in [0.3, 0.4) is 0 Å².